The highest BCUT2D eigenvalue weighted by atomic mass is 16.7. The molecule has 0 bridgehead atoms. The van der Waals surface area contributed by atoms with Gasteiger partial charge in [0.1, 0.15) is 11.5 Å². The largest absolute Gasteiger partial charge is 0.496 e. The van der Waals surface area contributed by atoms with Crippen molar-refractivity contribution >= 4 is 5.91 Å². The molecule has 0 radical (unpaired) electrons. The van der Waals surface area contributed by atoms with Gasteiger partial charge in [-0.1, -0.05) is 6.07 Å². The van der Waals surface area contributed by atoms with Gasteiger partial charge >= 0.3 is 0 Å². The van der Waals surface area contributed by atoms with Crippen LogP contribution in [0.4, 0.5) is 0 Å². The van der Waals surface area contributed by atoms with E-state index in [-0.39, 0.29) is 5.91 Å². The second kappa shape index (κ2) is 8.83. The molecule has 1 fully saturated rings. The Labute approximate surface area is 176 Å². The molecule has 2 aromatic carbocycles. The monoisotopic (exact) mass is 412 g/mol. The van der Waals surface area contributed by atoms with Crippen LogP contribution in [0.5, 0.6) is 23.0 Å². The van der Waals surface area contributed by atoms with Gasteiger partial charge in [-0.05, 0) is 55.6 Å². The second-order valence-corrected chi connectivity index (χ2v) is 7.79. The maximum atomic E-state index is 12.7. The lowest BCUT2D eigenvalue weighted by Gasteiger charge is -2.17. The summed E-state index contributed by atoms with van der Waals surface area (Å²) in [7, 11) is 3.19. The third-order valence-electron chi connectivity index (χ3n) is 5.78. The molecule has 1 atom stereocenters. The number of nitrogens with one attached hydrogen (secondary N) is 1. The van der Waals surface area contributed by atoms with Crippen molar-refractivity contribution in [1.82, 2.24) is 10.2 Å². The molecule has 7 nitrogen and oxygen atoms in total. The van der Waals surface area contributed by atoms with E-state index < -0.39 is 0 Å². The average molecular weight is 412 g/mol. The number of rotatable bonds is 7. The lowest BCUT2D eigenvalue weighted by Crippen LogP contribution is -2.31. The summed E-state index contributed by atoms with van der Waals surface area (Å²) in [6.07, 6.45) is 1.06. The fourth-order valence-corrected chi connectivity index (χ4v) is 4.08. The lowest BCUT2D eigenvalue weighted by molar-refractivity contribution is 0.0946. The summed E-state index contributed by atoms with van der Waals surface area (Å²) in [6, 6.07) is 9.62. The van der Waals surface area contributed by atoms with Crippen molar-refractivity contribution in [2.45, 2.75) is 19.9 Å². The molecule has 30 heavy (non-hydrogen) atoms. The summed E-state index contributed by atoms with van der Waals surface area (Å²) in [5.74, 6) is 3.24. The van der Waals surface area contributed by atoms with Gasteiger partial charge in [0.2, 0.25) is 6.79 Å². The summed E-state index contributed by atoms with van der Waals surface area (Å²) >= 11 is 0. The first-order valence-electron chi connectivity index (χ1n) is 10.2. The van der Waals surface area contributed by atoms with E-state index in [1.165, 1.54) is 5.56 Å². The topological polar surface area (TPSA) is 69.3 Å². The molecule has 160 valence electrons. The Bertz CT molecular complexity index is 905. The van der Waals surface area contributed by atoms with Crippen LogP contribution in [0.3, 0.4) is 0 Å². The number of hydrogen-bond acceptors (Lipinski definition) is 6. The van der Waals surface area contributed by atoms with Crippen molar-refractivity contribution in [1.29, 1.82) is 0 Å². The zero-order chi connectivity index (χ0) is 21.1. The number of amides is 1. The Balaban J connectivity index is 1.30. The Morgan fingerprint density at radius 1 is 1.13 bits per heavy atom. The molecule has 1 amide bonds. The minimum atomic E-state index is -0.110. The minimum absolute atomic E-state index is 0.110. The molecule has 0 spiro atoms. The van der Waals surface area contributed by atoms with Crippen molar-refractivity contribution in [3.05, 3.63) is 47.0 Å². The third-order valence-corrected chi connectivity index (χ3v) is 5.78. The molecule has 2 heterocycles. The molecule has 0 aliphatic carbocycles. The van der Waals surface area contributed by atoms with Crippen LogP contribution in [-0.2, 0) is 6.54 Å². The predicted octanol–water partition coefficient (Wildman–Crippen LogP) is 2.99. The predicted molar refractivity (Wildman–Crippen MR) is 113 cm³/mol. The zero-order valence-corrected chi connectivity index (χ0v) is 17.7. The van der Waals surface area contributed by atoms with Gasteiger partial charge in [-0.2, -0.15) is 0 Å². The van der Waals surface area contributed by atoms with Crippen LogP contribution in [0, 0.1) is 12.8 Å². The molecule has 0 saturated carbocycles. The highest BCUT2D eigenvalue weighted by Gasteiger charge is 2.24. The second-order valence-electron chi connectivity index (χ2n) is 7.79. The van der Waals surface area contributed by atoms with E-state index in [4.69, 9.17) is 18.9 Å². The van der Waals surface area contributed by atoms with Crippen LogP contribution in [0.25, 0.3) is 0 Å². The van der Waals surface area contributed by atoms with Gasteiger partial charge in [0.05, 0.1) is 14.2 Å². The number of carbonyl (C=O) groups is 1. The molecular weight excluding hydrogens is 384 g/mol. The van der Waals surface area contributed by atoms with Gasteiger partial charge < -0.3 is 24.3 Å². The van der Waals surface area contributed by atoms with E-state index in [1.807, 2.05) is 13.0 Å². The van der Waals surface area contributed by atoms with Crippen molar-refractivity contribution in [3.8, 4) is 23.0 Å². The normalized spacial score (nSPS) is 17.8. The molecule has 2 aromatic rings. The van der Waals surface area contributed by atoms with Crippen LogP contribution in [0.2, 0.25) is 0 Å². The Morgan fingerprint density at radius 3 is 2.60 bits per heavy atom. The van der Waals surface area contributed by atoms with E-state index in [0.29, 0.717) is 36.3 Å². The first-order valence-corrected chi connectivity index (χ1v) is 10.2. The summed E-state index contributed by atoms with van der Waals surface area (Å²) in [6.45, 7) is 5.69. The third kappa shape index (κ3) is 4.31. The molecule has 1 saturated heterocycles. The average Bonchev–Trinajstić information content (AvgIpc) is 3.41. The van der Waals surface area contributed by atoms with E-state index in [9.17, 15) is 4.79 Å². The van der Waals surface area contributed by atoms with Gasteiger partial charge in [0.25, 0.3) is 5.91 Å². The zero-order valence-electron chi connectivity index (χ0n) is 17.7. The minimum Gasteiger partial charge on any atom is -0.496 e. The Kier molecular flexibility index (Phi) is 5.99. The van der Waals surface area contributed by atoms with Crippen molar-refractivity contribution in [2.75, 3.05) is 40.6 Å². The molecule has 2 aliphatic rings. The van der Waals surface area contributed by atoms with Gasteiger partial charge in [-0.25, -0.2) is 0 Å². The summed E-state index contributed by atoms with van der Waals surface area (Å²) in [5, 5.41) is 3.07. The van der Waals surface area contributed by atoms with Crippen LogP contribution in [0.15, 0.2) is 30.3 Å². The summed E-state index contributed by atoms with van der Waals surface area (Å²) in [4.78, 5) is 15.1. The standard InChI is InChI=1S/C23H28N2O5/c1-15-20(27-2)9-18(10-21(15)28-3)23(26)24-11-17-6-7-25(13-17)12-16-4-5-19-22(8-16)30-14-29-19/h4-5,8-10,17H,6-7,11-14H2,1-3H3,(H,24,26)/t17-/m1/s1. The van der Waals surface area contributed by atoms with Crippen LogP contribution in [0.1, 0.15) is 27.9 Å². The highest BCUT2D eigenvalue weighted by molar-refractivity contribution is 5.95. The Hall–Kier alpha value is -2.93. The van der Waals surface area contributed by atoms with Crippen LogP contribution >= 0.6 is 0 Å². The summed E-state index contributed by atoms with van der Waals surface area (Å²) in [5.41, 5.74) is 2.64. The number of hydrogen-bond donors (Lipinski definition) is 1. The molecule has 0 aromatic heterocycles. The van der Waals surface area contributed by atoms with Crippen molar-refractivity contribution in [3.63, 3.8) is 0 Å². The first kappa shape index (κ1) is 20.3. The number of nitrogens with zero attached hydrogens (tertiary/aromatic N) is 1. The van der Waals surface area contributed by atoms with Crippen molar-refractivity contribution in [2.24, 2.45) is 5.92 Å². The number of likely N-dealkylation sites (tertiary alicyclic amines) is 1. The maximum absolute atomic E-state index is 12.7. The van der Waals surface area contributed by atoms with E-state index in [1.54, 1.807) is 26.4 Å². The van der Waals surface area contributed by atoms with Crippen LogP contribution in [-0.4, -0.2) is 51.5 Å². The number of carbonyl (C=O) groups excluding carboxylic acids is 1. The van der Waals surface area contributed by atoms with Gasteiger partial charge in [-0.3, -0.25) is 9.69 Å². The van der Waals surface area contributed by atoms with E-state index in [2.05, 4.69) is 22.3 Å². The molecule has 0 unspecified atom stereocenters. The number of methoxy groups -OCH3 is 2. The fraction of sp³-hybridized carbons (Fsp3) is 0.435. The van der Waals surface area contributed by atoms with E-state index >= 15 is 0 Å². The lowest BCUT2D eigenvalue weighted by atomic mass is 10.1. The first-order chi connectivity index (χ1) is 14.6. The van der Waals surface area contributed by atoms with E-state index in [0.717, 1.165) is 43.1 Å². The molecule has 2 aliphatic heterocycles. The highest BCUT2D eigenvalue weighted by Crippen LogP contribution is 2.33. The van der Waals surface area contributed by atoms with Gasteiger partial charge in [-0.15, -0.1) is 0 Å². The number of fused-ring (bicyclic) bond motifs is 1. The maximum Gasteiger partial charge on any atom is 0.251 e. The number of ether oxygens (including phenoxy) is 4. The van der Waals surface area contributed by atoms with Gasteiger partial charge in [0, 0.05) is 30.8 Å². The number of benzene rings is 2. The van der Waals surface area contributed by atoms with Gasteiger partial charge in [0.15, 0.2) is 11.5 Å². The molecule has 1 N–H and O–H groups in total. The fourth-order valence-electron chi connectivity index (χ4n) is 4.08. The Morgan fingerprint density at radius 2 is 1.87 bits per heavy atom. The smallest absolute Gasteiger partial charge is 0.251 e. The summed E-state index contributed by atoms with van der Waals surface area (Å²) < 4.78 is 21.6. The molecule has 4 rings (SSSR count). The van der Waals surface area contributed by atoms with Crippen LogP contribution < -0.4 is 24.3 Å². The SMILES string of the molecule is COc1cc(C(=O)NC[C@H]2CCN(Cc3ccc4c(c3)OCO4)C2)cc(OC)c1C. The molecular formula is C23H28N2O5. The quantitative estimate of drug-likeness (QED) is 0.754. The molecule has 7 heteroatoms. The van der Waals surface area contributed by atoms with Crippen molar-refractivity contribution < 1.29 is 23.7 Å².